The van der Waals surface area contributed by atoms with Crippen LogP contribution in [0.25, 0.3) is 0 Å². The molecule has 1 aromatic rings. The van der Waals surface area contributed by atoms with Crippen molar-refractivity contribution in [3.63, 3.8) is 0 Å². The zero-order valence-corrected chi connectivity index (χ0v) is 7.04. The van der Waals surface area contributed by atoms with Crippen molar-refractivity contribution in [1.29, 1.82) is 0 Å². The van der Waals surface area contributed by atoms with Gasteiger partial charge in [-0.2, -0.15) is 0 Å². The second-order valence-electron chi connectivity index (χ2n) is 2.70. The topological polar surface area (TPSA) is 103 Å². The predicted octanol–water partition coefficient (Wildman–Crippen LogP) is -0.693. The van der Waals surface area contributed by atoms with Gasteiger partial charge in [0.2, 0.25) is 0 Å². The average molecular weight is 170 g/mol. The summed E-state index contributed by atoms with van der Waals surface area (Å²) in [5.74, 6) is 0.981. The lowest BCUT2D eigenvalue weighted by molar-refractivity contribution is 0.300. The van der Waals surface area contributed by atoms with Crippen LogP contribution in [0.4, 0.5) is 17.3 Å². The van der Waals surface area contributed by atoms with E-state index in [1.54, 1.807) is 11.6 Å². The third-order valence-corrected chi connectivity index (χ3v) is 1.99. The van der Waals surface area contributed by atoms with Crippen molar-refractivity contribution in [1.82, 2.24) is 4.57 Å². The Morgan fingerprint density at radius 3 is 2.17 bits per heavy atom. The summed E-state index contributed by atoms with van der Waals surface area (Å²) < 4.78 is 1.61. The normalized spacial score (nSPS) is 10.5. The second-order valence-corrected chi connectivity index (χ2v) is 2.70. The molecule has 0 aliphatic carbocycles. The Morgan fingerprint density at radius 2 is 1.83 bits per heavy atom. The molecule has 68 valence electrons. The quantitative estimate of drug-likeness (QED) is 0.471. The Morgan fingerprint density at radius 1 is 1.25 bits per heavy atom. The van der Waals surface area contributed by atoms with Crippen LogP contribution in [0.1, 0.15) is 5.56 Å². The molecule has 5 heteroatoms. The van der Waals surface area contributed by atoms with Crippen LogP contribution in [-0.4, -0.2) is 16.3 Å². The number of nitrogen functional groups attached to an aromatic ring is 3. The number of nitrogens with two attached hydrogens (primary N) is 3. The molecule has 7 N–H and O–H groups in total. The van der Waals surface area contributed by atoms with Crippen LogP contribution in [-0.2, 0) is 13.5 Å². The molecule has 0 atom stereocenters. The lowest BCUT2D eigenvalue weighted by Gasteiger charge is -1.99. The molecule has 12 heavy (non-hydrogen) atoms. The van der Waals surface area contributed by atoms with Crippen molar-refractivity contribution in [3.05, 3.63) is 5.56 Å². The summed E-state index contributed by atoms with van der Waals surface area (Å²) in [7, 11) is 1.74. The summed E-state index contributed by atoms with van der Waals surface area (Å²) in [6.45, 7) is 0.0256. The zero-order chi connectivity index (χ0) is 9.30. The highest BCUT2D eigenvalue weighted by Crippen LogP contribution is 2.28. The van der Waals surface area contributed by atoms with E-state index >= 15 is 0 Å². The third kappa shape index (κ3) is 1.08. The molecular weight excluding hydrogens is 156 g/mol. The monoisotopic (exact) mass is 170 g/mol. The molecule has 0 aromatic carbocycles. The summed E-state index contributed by atoms with van der Waals surface area (Å²) in [5, 5.41) is 8.71. The van der Waals surface area contributed by atoms with Gasteiger partial charge in [-0.3, -0.25) is 0 Å². The summed E-state index contributed by atoms with van der Waals surface area (Å²) in [6, 6.07) is 0. The number of hydrogen-bond donors (Lipinski definition) is 4. The predicted molar refractivity (Wildman–Crippen MR) is 49.4 cm³/mol. The molecule has 0 aliphatic rings. The van der Waals surface area contributed by atoms with Crippen molar-refractivity contribution >= 4 is 17.3 Å². The number of nitrogens with zero attached hydrogens (tertiary/aromatic N) is 1. The number of aromatic nitrogens is 1. The van der Waals surface area contributed by atoms with Crippen LogP contribution < -0.4 is 17.2 Å². The van der Waals surface area contributed by atoms with E-state index in [4.69, 9.17) is 22.3 Å². The van der Waals surface area contributed by atoms with E-state index in [2.05, 4.69) is 0 Å². The SMILES string of the molecule is Cn1c(N)c(N)c(CCO)c1N. The van der Waals surface area contributed by atoms with Crippen LogP contribution in [0.5, 0.6) is 0 Å². The Kier molecular flexibility index (Phi) is 2.14. The van der Waals surface area contributed by atoms with Crippen molar-refractivity contribution in [2.24, 2.45) is 7.05 Å². The molecule has 0 aliphatic heterocycles. The van der Waals surface area contributed by atoms with Gasteiger partial charge in [-0.25, -0.2) is 0 Å². The van der Waals surface area contributed by atoms with Crippen LogP contribution >= 0.6 is 0 Å². The average Bonchev–Trinajstić information content (AvgIpc) is 2.23. The first-order valence-corrected chi connectivity index (χ1v) is 3.68. The van der Waals surface area contributed by atoms with Crippen molar-refractivity contribution in [2.75, 3.05) is 23.8 Å². The van der Waals surface area contributed by atoms with Gasteiger partial charge in [0, 0.05) is 25.6 Å². The number of anilines is 3. The van der Waals surface area contributed by atoms with Gasteiger partial charge in [-0.15, -0.1) is 0 Å². The minimum Gasteiger partial charge on any atom is -0.396 e. The highest BCUT2D eigenvalue weighted by Gasteiger charge is 2.13. The zero-order valence-electron chi connectivity index (χ0n) is 7.04. The molecule has 0 unspecified atom stereocenters. The minimum absolute atomic E-state index is 0.0256. The maximum atomic E-state index is 8.71. The van der Waals surface area contributed by atoms with Gasteiger partial charge in [-0.05, 0) is 0 Å². The molecule has 1 rings (SSSR count). The fraction of sp³-hybridized carbons (Fsp3) is 0.429. The van der Waals surface area contributed by atoms with E-state index in [-0.39, 0.29) is 6.61 Å². The van der Waals surface area contributed by atoms with E-state index in [0.717, 1.165) is 5.56 Å². The molecule has 1 aromatic heterocycles. The molecule has 1 heterocycles. The molecule has 0 amide bonds. The number of aliphatic hydroxyl groups is 1. The molecule has 0 fully saturated rings. The highest BCUT2D eigenvalue weighted by atomic mass is 16.2. The van der Waals surface area contributed by atoms with Gasteiger partial charge in [0.15, 0.2) is 0 Å². The van der Waals surface area contributed by atoms with E-state index < -0.39 is 0 Å². The maximum Gasteiger partial charge on any atom is 0.128 e. The Labute approximate surface area is 70.8 Å². The lowest BCUT2D eigenvalue weighted by Crippen LogP contribution is -2.01. The first-order valence-electron chi connectivity index (χ1n) is 3.68. The smallest absolute Gasteiger partial charge is 0.128 e. The molecule has 0 saturated carbocycles. The fourth-order valence-electron chi connectivity index (χ4n) is 1.18. The van der Waals surface area contributed by atoms with E-state index in [9.17, 15) is 0 Å². The van der Waals surface area contributed by atoms with Gasteiger partial charge in [0.1, 0.15) is 11.6 Å². The number of aliphatic hydroxyl groups excluding tert-OH is 1. The van der Waals surface area contributed by atoms with Crippen molar-refractivity contribution in [3.8, 4) is 0 Å². The largest absolute Gasteiger partial charge is 0.396 e. The molecule has 5 nitrogen and oxygen atoms in total. The summed E-state index contributed by atoms with van der Waals surface area (Å²) in [5.41, 5.74) is 18.2. The van der Waals surface area contributed by atoms with Crippen LogP contribution in [0, 0.1) is 0 Å². The lowest BCUT2D eigenvalue weighted by atomic mass is 10.2. The third-order valence-electron chi connectivity index (χ3n) is 1.99. The first-order chi connectivity index (χ1) is 5.59. The van der Waals surface area contributed by atoms with Crippen molar-refractivity contribution in [2.45, 2.75) is 6.42 Å². The molecule has 0 bridgehead atoms. The van der Waals surface area contributed by atoms with Gasteiger partial charge in [0.25, 0.3) is 0 Å². The van der Waals surface area contributed by atoms with E-state index in [0.29, 0.717) is 23.7 Å². The van der Waals surface area contributed by atoms with Gasteiger partial charge < -0.3 is 26.9 Å². The summed E-state index contributed by atoms with van der Waals surface area (Å²) in [4.78, 5) is 0. The highest BCUT2D eigenvalue weighted by molar-refractivity contribution is 5.73. The maximum absolute atomic E-state index is 8.71. The first kappa shape index (κ1) is 8.73. The van der Waals surface area contributed by atoms with Gasteiger partial charge in [0.05, 0.1) is 5.69 Å². The Balaban J connectivity index is 3.18. The number of hydrogen-bond acceptors (Lipinski definition) is 4. The van der Waals surface area contributed by atoms with Crippen LogP contribution in [0.3, 0.4) is 0 Å². The van der Waals surface area contributed by atoms with E-state index in [1.807, 2.05) is 0 Å². The standard InChI is InChI=1S/C7H14N4O/c1-11-6(9)4(2-3-12)5(8)7(11)10/h12H,2-3,8-10H2,1H3. The molecule has 0 radical (unpaired) electrons. The van der Waals surface area contributed by atoms with Crippen LogP contribution in [0.2, 0.25) is 0 Å². The fourth-order valence-corrected chi connectivity index (χ4v) is 1.18. The molecule has 0 spiro atoms. The Hall–Kier alpha value is -1.36. The molecule has 0 saturated heterocycles. The number of rotatable bonds is 2. The van der Waals surface area contributed by atoms with Gasteiger partial charge >= 0.3 is 0 Å². The van der Waals surface area contributed by atoms with Crippen molar-refractivity contribution < 1.29 is 5.11 Å². The second kappa shape index (κ2) is 2.94. The van der Waals surface area contributed by atoms with E-state index in [1.165, 1.54) is 0 Å². The summed E-state index contributed by atoms with van der Waals surface area (Å²) >= 11 is 0. The Bertz CT molecular complexity index is 267. The van der Waals surface area contributed by atoms with Crippen LogP contribution in [0.15, 0.2) is 0 Å². The molecular formula is C7H14N4O. The summed E-state index contributed by atoms with van der Waals surface area (Å²) in [6.07, 6.45) is 0.447. The van der Waals surface area contributed by atoms with Gasteiger partial charge in [-0.1, -0.05) is 0 Å². The minimum atomic E-state index is 0.0256.